The van der Waals surface area contributed by atoms with Gasteiger partial charge in [-0.15, -0.1) is 0 Å². The van der Waals surface area contributed by atoms with Crippen LogP contribution in [0.4, 0.5) is 0 Å². The van der Waals surface area contributed by atoms with Gasteiger partial charge in [0.15, 0.2) is 12.2 Å². The number of carbonyl (C=O) groups excluding carboxylic acids is 3. The van der Waals surface area contributed by atoms with Crippen LogP contribution in [0.25, 0.3) is 0 Å². The molecule has 0 saturated heterocycles. The van der Waals surface area contributed by atoms with Crippen molar-refractivity contribution in [1.82, 2.24) is 15.5 Å². The van der Waals surface area contributed by atoms with Crippen LogP contribution >= 0.6 is 0 Å². The summed E-state index contributed by atoms with van der Waals surface area (Å²) in [5.41, 5.74) is -0.180. The van der Waals surface area contributed by atoms with E-state index in [4.69, 9.17) is 10.2 Å². The molecule has 0 heterocycles. The average Bonchev–Trinajstić information content (AvgIpc) is 3.62. The van der Waals surface area contributed by atoms with Crippen LogP contribution in [-0.4, -0.2) is 184 Å². The molecule has 14 N–H and O–H groups in total. The minimum atomic E-state index is -2.10. The largest absolute Gasteiger partial charge is 0.394 e. The lowest BCUT2D eigenvalue weighted by molar-refractivity contribution is -0.190. The maximum Gasteiger partial charge on any atom is 0.251 e. The molecule has 4 aliphatic rings. The third-order valence-electron chi connectivity index (χ3n) is 16.1. The van der Waals surface area contributed by atoms with Gasteiger partial charge in [0.25, 0.3) is 11.8 Å². The van der Waals surface area contributed by atoms with Crippen molar-refractivity contribution in [2.45, 2.75) is 166 Å². The summed E-state index contributed by atoms with van der Waals surface area (Å²) in [6, 6.07) is 0. The van der Waals surface area contributed by atoms with E-state index < -0.39 is 80.0 Å². The zero-order valence-corrected chi connectivity index (χ0v) is 37.1. The van der Waals surface area contributed by atoms with Crippen molar-refractivity contribution in [3.8, 4) is 0 Å². The molecule has 18 nitrogen and oxygen atoms in total. The Bertz CT molecular complexity index is 1450. The standard InChI is InChI=1S/C44H79N3O15/c1-23(27-9-10-28-34-24(2)18-25-19-26(50)12-13-43(25,3)29(34)20-32(53)44(27,28)4)8-11-33(54)47(17-7-15-46-42(62)40(60)38(58)36(56)31(52)22-49)16-6-5-14-45-41(61)39(59)37(57)35(55)30(51)21-48/h23-32,34-40,48-53,55-60H,5-22H2,1-4H3,(H,45,61)(H,46,62)/t23?,24-,25?,26-,27?,28?,29?,30?,31?,32+,34?,35?,36?,37?,38?,39?,40?,43?,44?/m1/s1. The van der Waals surface area contributed by atoms with Gasteiger partial charge in [-0.25, -0.2) is 0 Å². The van der Waals surface area contributed by atoms with Gasteiger partial charge in [0.05, 0.1) is 25.4 Å². The number of nitrogens with one attached hydrogen (secondary N) is 2. The first-order valence-corrected chi connectivity index (χ1v) is 23.0. The summed E-state index contributed by atoms with van der Waals surface area (Å²) >= 11 is 0. The fourth-order valence-corrected chi connectivity index (χ4v) is 12.3. The van der Waals surface area contributed by atoms with Crippen LogP contribution in [0.15, 0.2) is 0 Å². The van der Waals surface area contributed by atoms with Gasteiger partial charge < -0.3 is 76.8 Å². The van der Waals surface area contributed by atoms with Crippen LogP contribution in [0.2, 0.25) is 0 Å². The highest BCUT2D eigenvalue weighted by Crippen LogP contribution is 2.69. The van der Waals surface area contributed by atoms with Crippen molar-refractivity contribution in [2.75, 3.05) is 39.4 Å². The van der Waals surface area contributed by atoms with Crippen LogP contribution < -0.4 is 10.6 Å². The van der Waals surface area contributed by atoms with Gasteiger partial charge in [0.1, 0.15) is 36.6 Å². The lowest BCUT2D eigenvalue weighted by Crippen LogP contribution is -2.60. The molecule has 18 heteroatoms. The fourth-order valence-electron chi connectivity index (χ4n) is 12.3. The van der Waals surface area contributed by atoms with Crippen molar-refractivity contribution in [1.29, 1.82) is 0 Å². The van der Waals surface area contributed by atoms with Crippen molar-refractivity contribution in [3.63, 3.8) is 0 Å². The van der Waals surface area contributed by atoms with Crippen LogP contribution in [-0.2, 0) is 14.4 Å². The number of nitrogens with zero attached hydrogens (tertiary/aromatic N) is 1. The molecule has 0 aromatic carbocycles. The van der Waals surface area contributed by atoms with E-state index in [-0.39, 0.29) is 73.7 Å². The molecular weight excluding hydrogens is 810 g/mol. The van der Waals surface area contributed by atoms with Crippen molar-refractivity contribution in [3.05, 3.63) is 0 Å². The third kappa shape index (κ3) is 11.7. The molecule has 3 amide bonds. The molecule has 62 heavy (non-hydrogen) atoms. The second-order valence-corrected chi connectivity index (χ2v) is 19.8. The maximum atomic E-state index is 13.9. The Labute approximate surface area is 365 Å². The second kappa shape index (κ2) is 22.9. The Morgan fingerprint density at radius 3 is 1.82 bits per heavy atom. The molecule has 0 bridgehead atoms. The van der Waals surface area contributed by atoms with Gasteiger partial charge in [-0.1, -0.05) is 27.7 Å². The Balaban J connectivity index is 1.35. The number of fused-ring (bicyclic) bond motifs is 5. The number of hydrogen-bond acceptors (Lipinski definition) is 15. The Morgan fingerprint density at radius 2 is 1.26 bits per heavy atom. The van der Waals surface area contributed by atoms with Crippen LogP contribution in [0.5, 0.6) is 0 Å². The van der Waals surface area contributed by atoms with Gasteiger partial charge in [-0.3, -0.25) is 14.4 Å². The number of carbonyl (C=O) groups is 3. The summed E-state index contributed by atoms with van der Waals surface area (Å²) in [6.45, 7) is 7.89. The Hall–Kier alpha value is -2.07. The van der Waals surface area contributed by atoms with Gasteiger partial charge in [-0.2, -0.15) is 0 Å². The van der Waals surface area contributed by atoms with E-state index in [9.17, 15) is 65.4 Å². The molecule has 0 aromatic heterocycles. The van der Waals surface area contributed by atoms with E-state index in [2.05, 4.69) is 38.3 Å². The van der Waals surface area contributed by atoms with Gasteiger partial charge in [0, 0.05) is 32.6 Å². The molecule has 360 valence electrons. The summed E-state index contributed by atoms with van der Waals surface area (Å²) in [6.07, 6.45) is -8.16. The fraction of sp³-hybridized carbons (Fsp3) is 0.932. The molecule has 4 saturated carbocycles. The summed E-state index contributed by atoms with van der Waals surface area (Å²) in [4.78, 5) is 40.5. The molecule has 0 aromatic rings. The van der Waals surface area contributed by atoms with Crippen LogP contribution in [0.3, 0.4) is 0 Å². The first-order chi connectivity index (χ1) is 29.1. The normalized spacial score (nSPS) is 35.1. The highest BCUT2D eigenvalue weighted by atomic mass is 16.4. The molecule has 0 aliphatic heterocycles. The second-order valence-electron chi connectivity index (χ2n) is 19.8. The van der Waals surface area contributed by atoms with E-state index in [1.807, 2.05) is 0 Å². The lowest BCUT2D eigenvalue weighted by atomic mass is 9.42. The summed E-state index contributed by atoms with van der Waals surface area (Å²) in [5.74, 6) is 0.430. The summed E-state index contributed by atoms with van der Waals surface area (Å²) in [5, 5.41) is 125. The first kappa shape index (κ1) is 52.6. The van der Waals surface area contributed by atoms with E-state index >= 15 is 0 Å². The number of rotatable bonds is 23. The number of aliphatic hydroxyl groups is 12. The molecule has 4 rings (SSSR count). The minimum absolute atomic E-state index is 0.0186. The van der Waals surface area contributed by atoms with Crippen LogP contribution in [0.1, 0.15) is 105 Å². The number of unbranched alkanes of at least 4 members (excludes halogenated alkanes) is 1. The highest BCUT2D eigenvalue weighted by molar-refractivity contribution is 5.81. The van der Waals surface area contributed by atoms with E-state index in [0.29, 0.717) is 48.9 Å². The monoisotopic (exact) mass is 890 g/mol. The number of aliphatic hydroxyl groups excluding tert-OH is 12. The van der Waals surface area contributed by atoms with Crippen molar-refractivity contribution in [2.24, 2.45) is 52.3 Å². The van der Waals surface area contributed by atoms with Gasteiger partial charge >= 0.3 is 0 Å². The zero-order valence-electron chi connectivity index (χ0n) is 37.1. The first-order valence-electron chi connectivity index (χ1n) is 23.0. The quantitative estimate of drug-likeness (QED) is 0.0482. The smallest absolute Gasteiger partial charge is 0.251 e. The molecule has 4 fully saturated rings. The van der Waals surface area contributed by atoms with Gasteiger partial charge in [0.2, 0.25) is 5.91 Å². The van der Waals surface area contributed by atoms with Crippen molar-refractivity contribution < 1.29 is 75.7 Å². The molecule has 16 unspecified atom stereocenters. The van der Waals surface area contributed by atoms with E-state index in [1.54, 1.807) is 4.90 Å². The lowest BCUT2D eigenvalue weighted by Gasteiger charge is -2.64. The minimum Gasteiger partial charge on any atom is -0.394 e. The predicted octanol–water partition coefficient (Wildman–Crippen LogP) is -2.26. The summed E-state index contributed by atoms with van der Waals surface area (Å²) < 4.78 is 0. The molecule has 4 aliphatic carbocycles. The maximum absolute atomic E-state index is 13.9. The average molecular weight is 890 g/mol. The molecular formula is C44H79N3O15. The SMILES string of the molecule is CC(CCC(=O)N(CCCCNC(=O)C(O)C(O)C(O)C(O)CO)CCCNC(=O)C(O)C(O)C(O)C(O)CO)C1CCC2C3C(C[C@H](O)C12C)C1(C)CC[C@@H](O)CC1C[C@H]3C. The topological polar surface area (TPSA) is 321 Å². The van der Waals surface area contributed by atoms with Crippen molar-refractivity contribution >= 4 is 17.7 Å². The van der Waals surface area contributed by atoms with Crippen LogP contribution in [0, 0.1) is 52.3 Å². The Kier molecular flexibility index (Phi) is 19.4. The Morgan fingerprint density at radius 1 is 0.710 bits per heavy atom. The molecule has 19 atom stereocenters. The molecule has 0 spiro atoms. The van der Waals surface area contributed by atoms with Gasteiger partial charge in [-0.05, 0) is 123 Å². The highest BCUT2D eigenvalue weighted by Gasteiger charge is 2.65. The van der Waals surface area contributed by atoms with E-state index in [0.717, 1.165) is 44.9 Å². The number of amides is 3. The zero-order chi connectivity index (χ0) is 46.3. The third-order valence-corrected chi connectivity index (χ3v) is 16.1. The van der Waals surface area contributed by atoms with E-state index in [1.165, 1.54) is 0 Å². The number of hydrogen-bond donors (Lipinski definition) is 14. The molecule has 0 radical (unpaired) electrons. The predicted molar refractivity (Wildman–Crippen MR) is 224 cm³/mol. The summed E-state index contributed by atoms with van der Waals surface area (Å²) in [7, 11) is 0.